The minimum atomic E-state index is -0.728. The lowest BCUT2D eigenvalue weighted by Gasteiger charge is -2.44. The van der Waals surface area contributed by atoms with Gasteiger partial charge in [0.15, 0.2) is 0 Å². The SMILES string of the molecule is C[C@H]1CN(c2ccccc2)C[C@@H](CC(=O)O)N1C. The zero-order valence-electron chi connectivity index (χ0n) is 10.9. The molecule has 1 aromatic rings. The maximum Gasteiger partial charge on any atom is 0.305 e. The van der Waals surface area contributed by atoms with Gasteiger partial charge in [0.25, 0.3) is 0 Å². The average Bonchev–Trinajstić information content (AvgIpc) is 2.35. The van der Waals surface area contributed by atoms with Crippen LogP contribution < -0.4 is 4.90 Å². The molecule has 4 nitrogen and oxygen atoms in total. The lowest BCUT2D eigenvalue weighted by atomic mass is 10.0. The number of hydrogen-bond donors (Lipinski definition) is 1. The Morgan fingerprint density at radius 3 is 2.61 bits per heavy atom. The van der Waals surface area contributed by atoms with E-state index in [1.807, 2.05) is 25.2 Å². The van der Waals surface area contributed by atoms with Crippen molar-refractivity contribution in [3.8, 4) is 0 Å². The molecule has 2 rings (SSSR count). The molecule has 0 unspecified atom stereocenters. The normalized spacial score (nSPS) is 25.1. The molecule has 98 valence electrons. The fourth-order valence-electron chi connectivity index (χ4n) is 2.53. The monoisotopic (exact) mass is 248 g/mol. The number of carbonyl (C=O) groups is 1. The van der Waals surface area contributed by atoms with E-state index in [1.54, 1.807) is 0 Å². The van der Waals surface area contributed by atoms with Gasteiger partial charge < -0.3 is 10.0 Å². The summed E-state index contributed by atoms with van der Waals surface area (Å²) in [6, 6.07) is 10.6. The number of likely N-dealkylation sites (N-methyl/N-ethyl adjacent to an activating group) is 1. The Labute approximate surface area is 108 Å². The van der Waals surface area contributed by atoms with Crippen molar-refractivity contribution < 1.29 is 9.90 Å². The minimum Gasteiger partial charge on any atom is -0.481 e. The van der Waals surface area contributed by atoms with Crippen molar-refractivity contribution in [1.82, 2.24) is 4.90 Å². The largest absolute Gasteiger partial charge is 0.481 e. The number of carboxylic acid groups (broad SMARTS) is 1. The first-order chi connectivity index (χ1) is 8.58. The van der Waals surface area contributed by atoms with E-state index in [4.69, 9.17) is 5.11 Å². The highest BCUT2D eigenvalue weighted by atomic mass is 16.4. The van der Waals surface area contributed by atoms with Crippen molar-refractivity contribution in [1.29, 1.82) is 0 Å². The molecule has 1 aliphatic rings. The fourth-order valence-corrected chi connectivity index (χ4v) is 2.53. The van der Waals surface area contributed by atoms with Crippen LogP contribution in [0.4, 0.5) is 5.69 Å². The predicted molar refractivity (Wildman–Crippen MR) is 71.9 cm³/mol. The van der Waals surface area contributed by atoms with Crippen molar-refractivity contribution in [2.45, 2.75) is 25.4 Å². The molecule has 0 amide bonds. The number of hydrogen-bond acceptors (Lipinski definition) is 3. The molecule has 2 atom stereocenters. The lowest BCUT2D eigenvalue weighted by Crippen LogP contribution is -2.56. The molecule has 0 aromatic heterocycles. The number of para-hydroxylation sites is 1. The first-order valence-corrected chi connectivity index (χ1v) is 6.31. The number of aliphatic carboxylic acids is 1. The quantitative estimate of drug-likeness (QED) is 0.883. The molecule has 1 fully saturated rings. The Morgan fingerprint density at radius 1 is 1.33 bits per heavy atom. The topological polar surface area (TPSA) is 43.8 Å². The second-order valence-corrected chi connectivity index (χ2v) is 5.01. The van der Waals surface area contributed by atoms with Crippen molar-refractivity contribution in [3.63, 3.8) is 0 Å². The van der Waals surface area contributed by atoms with Crippen molar-refractivity contribution in [2.75, 3.05) is 25.0 Å². The van der Waals surface area contributed by atoms with E-state index in [0.717, 1.165) is 13.1 Å². The van der Waals surface area contributed by atoms with Crippen molar-refractivity contribution in [3.05, 3.63) is 30.3 Å². The average molecular weight is 248 g/mol. The summed E-state index contributed by atoms with van der Waals surface area (Å²) >= 11 is 0. The Bertz CT molecular complexity index is 408. The number of nitrogens with zero attached hydrogens (tertiary/aromatic N) is 2. The van der Waals surface area contributed by atoms with E-state index in [9.17, 15) is 4.79 Å². The highest BCUT2D eigenvalue weighted by Crippen LogP contribution is 2.22. The maximum atomic E-state index is 10.9. The summed E-state index contributed by atoms with van der Waals surface area (Å²) in [5, 5.41) is 8.98. The van der Waals surface area contributed by atoms with Gasteiger partial charge in [-0.25, -0.2) is 0 Å². The van der Waals surface area contributed by atoms with E-state index >= 15 is 0 Å². The minimum absolute atomic E-state index is 0.0754. The van der Waals surface area contributed by atoms with Crippen LogP contribution in [0, 0.1) is 0 Å². The van der Waals surface area contributed by atoms with E-state index in [2.05, 4.69) is 28.9 Å². The summed E-state index contributed by atoms with van der Waals surface area (Å²) in [6.07, 6.45) is 0.199. The molecule has 4 heteroatoms. The Hall–Kier alpha value is -1.55. The number of carboxylic acids is 1. The first-order valence-electron chi connectivity index (χ1n) is 6.31. The summed E-state index contributed by atoms with van der Waals surface area (Å²) in [4.78, 5) is 15.4. The number of piperazine rings is 1. The lowest BCUT2D eigenvalue weighted by molar-refractivity contribution is -0.138. The van der Waals surface area contributed by atoms with E-state index in [0.29, 0.717) is 6.04 Å². The molecule has 1 aromatic carbocycles. The maximum absolute atomic E-state index is 10.9. The standard InChI is InChI=1S/C14H20N2O2/c1-11-9-16(12-6-4-3-5-7-12)10-13(15(11)2)8-14(17)18/h3-7,11,13H,8-10H2,1-2H3,(H,17,18)/t11-,13+/m0/s1. The van der Waals surface area contributed by atoms with Crippen LogP contribution in [0.15, 0.2) is 30.3 Å². The number of rotatable bonds is 3. The first kappa shape index (κ1) is 12.9. The molecule has 0 radical (unpaired) electrons. The third-order valence-corrected chi connectivity index (χ3v) is 3.72. The molecule has 18 heavy (non-hydrogen) atoms. The molecule has 1 aliphatic heterocycles. The second-order valence-electron chi connectivity index (χ2n) is 5.01. The molecule has 0 saturated carbocycles. The Kier molecular flexibility index (Phi) is 3.87. The van der Waals surface area contributed by atoms with Gasteiger partial charge in [-0.3, -0.25) is 9.69 Å². The zero-order chi connectivity index (χ0) is 13.1. The summed E-state index contributed by atoms with van der Waals surface area (Å²) in [7, 11) is 2.01. The van der Waals surface area contributed by atoms with Crippen LogP contribution in [0.3, 0.4) is 0 Å². The van der Waals surface area contributed by atoms with Crippen LogP contribution in [-0.2, 0) is 4.79 Å². The van der Waals surface area contributed by atoms with E-state index in [-0.39, 0.29) is 12.5 Å². The van der Waals surface area contributed by atoms with Crippen molar-refractivity contribution >= 4 is 11.7 Å². The molecular weight excluding hydrogens is 228 g/mol. The van der Waals surface area contributed by atoms with Crippen LogP contribution >= 0.6 is 0 Å². The van der Waals surface area contributed by atoms with E-state index < -0.39 is 5.97 Å². The molecule has 1 saturated heterocycles. The highest BCUT2D eigenvalue weighted by molar-refractivity contribution is 5.67. The van der Waals surface area contributed by atoms with Gasteiger partial charge in [-0.2, -0.15) is 0 Å². The smallest absolute Gasteiger partial charge is 0.305 e. The Balaban J connectivity index is 2.12. The molecular formula is C14H20N2O2. The van der Waals surface area contributed by atoms with Gasteiger partial charge in [-0.05, 0) is 26.1 Å². The fraction of sp³-hybridized carbons (Fsp3) is 0.500. The third kappa shape index (κ3) is 2.82. The van der Waals surface area contributed by atoms with Gasteiger partial charge in [0.05, 0.1) is 6.42 Å². The number of anilines is 1. The van der Waals surface area contributed by atoms with Gasteiger partial charge in [0, 0.05) is 30.9 Å². The molecule has 0 bridgehead atoms. The number of benzene rings is 1. The summed E-state index contributed by atoms with van der Waals surface area (Å²) < 4.78 is 0. The van der Waals surface area contributed by atoms with Gasteiger partial charge in [0.2, 0.25) is 0 Å². The Morgan fingerprint density at radius 2 is 2.00 bits per heavy atom. The van der Waals surface area contributed by atoms with Gasteiger partial charge in [-0.1, -0.05) is 18.2 Å². The molecule has 0 spiro atoms. The highest BCUT2D eigenvalue weighted by Gasteiger charge is 2.30. The van der Waals surface area contributed by atoms with E-state index in [1.165, 1.54) is 5.69 Å². The van der Waals surface area contributed by atoms with Crippen LogP contribution in [0.2, 0.25) is 0 Å². The van der Waals surface area contributed by atoms with Gasteiger partial charge in [0.1, 0.15) is 0 Å². The van der Waals surface area contributed by atoms with Crippen molar-refractivity contribution in [2.24, 2.45) is 0 Å². The summed E-state index contributed by atoms with van der Waals surface area (Å²) in [5.74, 6) is -0.728. The third-order valence-electron chi connectivity index (χ3n) is 3.72. The zero-order valence-corrected chi connectivity index (χ0v) is 10.9. The van der Waals surface area contributed by atoms with Crippen LogP contribution in [0.1, 0.15) is 13.3 Å². The summed E-state index contributed by atoms with van der Waals surface area (Å²) in [5.41, 5.74) is 1.17. The summed E-state index contributed by atoms with van der Waals surface area (Å²) in [6.45, 7) is 3.86. The van der Waals surface area contributed by atoms with Crippen LogP contribution in [-0.4, -0.2) is 48.2 Å². The molecule has 1 heterocycles. The molecule has 1 N–H and O–H groups in total. The van der Waals surface area contributed by atoms with Gasteiger partial charge in [-0.15, -0.1) is 0 Å². The van der Waals surface area contributed by atoms with Crippen LogP contribution in [0.25, 0.3) is 0 Å². The van der Waals surface area contributed by atoms with Crippen LogP contribution in [0.5, 0.6) is 0 Å². The second kappa shape index (κ2) is 5.40. The van der Waals surface area contributed by atoms with Gasteiger partial charge >= 0.3 is 5.97 Å². The predicted octanol–water partition coefficient (Wildman–Crippen LogP) is 1.67. The molecule has 0 aliphatic carbocycles.